The van der Waals surface area contributed by atoms with Crippen LogP contribution in [0.25, 0.3) is 11.3 Å². The molecule has 2 aromatic rings. The molecule has 174 valence electrons. The molecule has 0 saturated heterocycles. The average molecular weight is 471 g/mol. The van der Waals surface area contributed by atoms with E-state index in [1.54, 1.807) is 18.3 Å². The Morgan fingerprint density at radius 2 is 2.09 bits per heavy atom. The van der Waals surface area contributed by atoms with E-state index in [4.69, 9.17) is 0 Å². The van der Waals surface area contributed by atoms with Gasteiger partial charge >= 0.3 is 0 Å². The molecule has 2 aliphatic rings. The molecule has 0 fully saturated rings. The van der Waals surface area contributed by atoms with Gasteiger partial charge in [0, 0.05) is 37.1 Å². The molecule has 10 nitrogen and oxygen atoms in total. The lowest BCUT2D eigenvalue weighted by Crippen LogP contribution is -2.44. The third kappa shape index (κ3) is 4.75. The number of pyridine rings is 1. The first-order chi connectivity index (χ1) is 15.7. The summed E-state index contributed by atoms with van der Waals surface area (Å²) in [6, 6.07) is 3.46. The monoisotopic (exact) mass is 470 g/mol. The first kappa shape index (κ1) is 22.9. The number of Topliss-reactive ketones (excluding diaryl/α,β-unsaturated/α-hetero) is 1. The molecule has 1 atom stereocenters. The van der Waals surface area contributed by atoms with Crippen molar-refractivity contribution in [2.45, 2.75) is 26.8 Å². The number of amides is 1. The van der Waals surface area contributed by atoms with Crippen LogP contribution in [0.1, 0.15) is 36.3 Å². The Hall–Kier alpha value is -3.28. The minimum absolute atomic E-state index is 0.0223. The normalized spacial score (nSPS) is 18.6. The van der Waals surface area contributed by atoms with Crippen LogP contribution in [-0.4, -0.2) is 48.0 Å². The van der Waals surface area contributed by atoms with Gasteiger partial charge in [0.1, 0.15) is 5.82 Å². The molecule has 3 heterocycles. The number of fused-ring (bicyclic) bond motifs is 1. The zero-order valence-corrected chi connectivity index (χ0v) is 19.4. The summed E-state index contributed by atoms with van der Waals surface area (Å²) >= 11 is 0. The van der Waals surface area contributed by atoms with Crippen molar-refractivity contribution in [3.05, 3.63) is 53.5 Å². The summed E-state index contributed by atoms with van der Waals surface area (Å²) in [6.45, 7) is 3.28. The van der Waals surface area contributed by atoms with Gasteiger partial charge in [-0.2, -0.15) is 12.7 Å². The number of aromatic nitrogens is 2. The summed E-state index contributed by atoms with van der Waals surface area (Å²) in [5, 5.41) is 6.02. The smallest absolute Gasteiger partial charge is 0.279 e. The largest absolute Gasteiger partial charge is 0.355 e. The molecule has 4 N–H and O–H groups in total. The molecule has 4 rings (SSSR count). The Morgan fingerprint density at radius 3 is 2.76 bits per heavy atom. The third-order valence-corrected chi connectivity index (χ3v) is 7.00. The highest BCUT2D eigenvalue weighted by Gasteiger charge is 2.35. The summed E-state index contributed by atoms with van der Waals surface area (Å²) in [7, 11) is -2.47. The molecular formula is C22H26N6O4S. The van der Waals surface area contributed by atoms with Crippen molar-refractivity contribution in [1.82, 2.24) is 19.0 Å². The van der Waals surface area contributed by atoms with Crippen LogP contribution in [0, 0.1) is 5.92 Å². The number of nitrogens with zero attached hydrogens (tertiary/aromatic N) is 2. The van der Waals surface area contributed by atoms with Crippen molar-refractivity contribution in [3.8, 4) is 11.3 Å². The van der Waals surface area contributed by atoms with E-state index in [1.807, 2.05) is 6.08 Å². The van der Waals surface area contributed by atoms with Gasteiger partial charge in [-0.1, -0.05) is 19.1 Å². The fraction of sp³-hybridized carbons (Fsp3) is 0.318. The zero-order chi connectivity index (χ0) is 23.8. The van der Waals surface area contributed by atoms with Crippen molar-refractivity contribution in [3.63, 3.8) is 0 Å². The van der Waals surface area contributed by atoms with Crippen molar-refractivity contribution in [1.29, 1.82) is 0 Å². The lowest BCUT2D eigenvalue weighted by atomic mass is 10.00. The van der Waals surface area contributed by atoms with E-state index >= 15 is 0 Å². The van der Waals surface area contributed by atoms with Gasteiger partial charge in [0.05, 0.1) is 30.0 Å². The Labute approximate surface area is 192 Å². The zero-order valence-electron chi connectivity index (χ0n) is 18.6. The van der Waals surface area contributed by atoms with Gasteiger partial charge < -0.3 is 15.6 Å². The molecule has 33 heavy (non-hydrogen) atoms. The van der Waals surface area contributed by atoms with Crippen molar-refractivity contribution in [2.24, 2.45) is 5.92 Å². The van der Waals surface area contributed by atoms with Crippen molar-refractivity contribution in [2.75, 3.05) is 24.2 Å². The maximum atomic E-state index is 13.1. The Bertz CT molecular complexity index is 1280. The molecule has 2 aromatic heterocycles. The lowest BCUT2D eigenvalue weighted by Gasteiger charge is -2.25. The fourth-order valence-electron chi connectivity index (χ4n) is 3.89. The van der Waals surface area contributed by atoms with E-state index in [0.717, 1.165) is 16.4 Å². The maximum Gasteiger partial charge on any atom is 0.279 e. The fourth-order valence-corrected chi connectivity index (χ4v) is 4.73. The van der Waals surface area contributed by atoms with Gasteiger partial charge in [-0.3, -0.25) is 9.59 Å². The summed E-state index contributed by atoms with van der Waals surface area (Å²) < 4.78 is 28.0. The van der Waals surface area contributed by atoms with Crippen LogP contribution >= 0.6 is 0 Å². The van der Waals surface area contributed by atoms with E-state index in [1.165, 1.54) is 14.0 Å². The molecule has 1 aliphatic heterocycles. The third-order valence-electron chi connectivity index (χ3n) is 5.54. The van der Waals surface area contributed by atoms with Gasteiger partial charge in [-0.15, -0.1) is 0 Å². The molecule has 1 unspecified atom stereocenters. The number of nitrogens with one attached hydrogen (secondary N) is 4. The number of rotatable bonds is 6. The van der Waals surface area contributed by atoms with Crippen molar-refractivity contribution < 1.29 is 18.0 Å². The molecule has 1 amide bonds. The van der Waals surface area contributed by atoms with Gasteiger partial charge in [0.15, 0.2) is 5.78 Å². The maximum absolute atomic E-state index is 13.1. The summed E-state index contributed by atoms with van der Waals surface area (Å²) in [5.41, 5.74) is 3.65. The topological polar surface area (TPSA) is 136 Å². The Kier molecular flexibility index (Phi) is 6.19. The predicted molar refractivity (Wildman–Crippen MR) is 126 cm³/mol. The van der Waals surface area contributed by atoms with Crippen LogP contribution < -0.4 is 15.4 Å². The molecule has 0 bridgehead atoms. The molecular weight excluding hydrogens is 444 g/mol. The molecule has 0 aromatic carbocycles. The van der Waals surface area contributed by atoms with Gasteiger partial charge in [0.25, 0.3) is 10.2 Å². The second-order valence-electron chi connectivity index (χ2n) is 8.10. The summed E-state index contributed by atoms with van der Waals surface area (Å²) in [6.07, 6.45) is 8.55. The van der Waals surface area contributed by atoms with Crippen LogP contribution in [0.15, 0.2) is 42.3 Å². The van der Waals surface area contributed by atoms with Gasteiger partial charge in [-0.05, 0) is 30.5 Å². The van der Waals surface area contributed by atoms with E-state index in [-0.39, 0.29) is 24.8 Å². The molecule has 0 radical (unpaired) electrons. The minimum Gasteiger partial charge on any atom is -0.355 e. The van der Waals surface area contributed by atoms with Crippen LogP contribution in [-0.2, 0) is 21.5 Å². The highest BCUT2D eigenvalue weighted by Crippen LogP contribution is 2.38. The van der Waals surface area contributed by atoms with Crippen LogP contribution in [0.4, 0.5) is 11.5 Å². The van der Waals surface area contributed by atoms with E-state index in [0.29, 0.717) is 39.9 Å². The van der Waals surface area contributed by atoms with Crippen LogP contribution in [0.2, 0.25) is 0 Å². The average Bonchev–Trinajstić information content (AvgIpc) is 3.14. The number of anilines is 2. The van der Waals surface area contributed by atoms with E-state index < -0.39 is 10.2 Å². The number of allylic oxidation sites excluding steroid dienone is 3. The van der Waals surface area contributed by atoms with E-state index in [9.17, 15) is 18.0 Å². The SMILES string of the molecule is CNS(=O)(=O)N1CC(=O)c2c([nH]c(-c3ccnc(NC(C)=O)c3)c2NC2=CCC(C)C=C2)C1. The lowest BCUT2D eigenvalue weighted by molar-refractivity contribution is -0.114. The summed E-state index contributed by atoms with van der Waals surface area (Å²) in [4.78, 5) is 32.0. The number of carbonyl (C=O) groups excluding carboxylic acids is 2. The highest BCUT2D eigenvalue weighted by atomic mass is 32.2. The second kappa shape index (κ2) is 8.93. The first-order valence-corrected chi connectivity index (χ1v) is 12.0. The highest BCUT2D eigenvalue weighted by molar-refractivity contribution is 7.87. The van der Waals surface area contributed by atoms with Crippen molar-refractivity contribution >= 4 is 33.4 Å². The number of hydrogen-bond acceptors (Lipinski definition) is 6. The summed E-state index contributed by atoms with van der Waals surface area (Å²) in [5.74, 6) is 0.232. The predicted octanol–water partition coefficient (Wildman–Crippen LogP) is 2.39. The number of hydrogen-bond donors (Lipinski definition) is 4. The van der Waals surface area contributed by atoms with E-state index in [2.05, 4.69) is 44.4 Å². The first-order valence-electron chi connectivity index (χ1n) is 10.5. The number of aromatic amines is 1. The standard InChI is InChI=1S/C22H26N6O4S/c1-13-4-6-16(7-5-13)26-22-20-17(11-28(12-18(20)30)33(31,32)23-3)27-21(22)15-8-9-24-19(10-15)25-14(2)29/h4,6-10,13,23,26-27H,5,11-12H2,1-3H3,(H,24,25,29). The number of H-pyrrole nitrogens is 1. The van der Waals surface area contributed by atoms with Crippen LogP contribution in [0.3, 0.4) is 0 Å². The second-order valence-corrected chi connectivity index (χ2v) is 9.97. The Morgan fingerprint density at radius 1 is 1.30 bits per heavy atom. The van der Waals surface area contributed by atoms with Gasteiger partial charge in [0.2, 0.25) is 5.91 Å². The molecule has 0 spiro atoms. The molecule has 1 aliphatic carbocycles. The minimum atomic E-state index is -3.78. The number of carbonyl (C=O) groups is 2. The molecule has 0 saturated carbocycles. The quantitative estimate of drug-likeness (QED) is 0.512. The molecule has 11 heteroatoms. The number of ketones is 1. The Balaban J connectivity index is 1.81. The van der Waals surface area contributed by atoms with Gasteiger partial charge in [-0.25, -0.2) is 9.71 Å². The van der Waals surface area contributed by atoms with Crippen LogP contribution in [0.5, 0.6) is 0 Å².